The second-order valence-electron chi connectivity index (χ2n) is 3.59. The van der Waals surface area contributed by atoms with Gasteiger partial charge in [-0.1, -0.05) is 17.8 Å². The Morgan fingerprint density at radius 3 is 2.83 bits per heavy atom. The van der Waals surface area contributed by atoms with Gasteiger partial charge in [-0.05, 0) is 23.8 Å². The zero-order valence-electron chi connectivity index (χ0n) is 9.83. The maximum atomic E-state index is 10.8. The van der Waals surface area contributed by atoms with E-state index in [1.54, 1.807) is 24.0 Å². The van der Waals surface area contributed by atoms with Crippen LogP contribution in [0.3, 0.4) is 0 Å². The quantitative estimate of drug-likeness (QED) is 0.853. The van der Waals surface area contributed by atoms with E-state index >= 15 is 0 Å². The molecular weight excluding hydrogens is 248 g/mol. The van der Waals surface area contributed by atoms with Gasteiger partial charge in [-0.2, -0.15) is 0 Å². The summed E-state index contributed by atoms with van der Waals surface area (Å²) >= 11 is 1.57. The van der Waals surface area contributed by atoms with Crippen LogP contribution in [0.1, 0.15) is 12.5 Å². The minimum atomic E-state index is -0.153. The highest BCUT2D eigenvalue weighted by Gasteiger charge is 2.01. The number of pyridine rings is 1. The lowest BCUT2D eigenvalue weighted by Crippen LogP contribution is -2.07. The maximum Gasteiger partial charge on any atom is 0.222 e. The fourth-order valence-electron chi connectivity index (χ4n) is 1.28. The molecule has 92 valence electrons. The number of thioether (sulfide) groups is 1. The van der Waals surface area contributed by atoms with E-state index in [1.165, 1.54) is 6.92 Å². The van der Waals surface area contributed by atoms with Gasteiger partial charge >= 0.3 is 0 Å². The average Bonchev–Trinajstić information content (AvgIpc) is 2.38. The minimum absolute atomic E-state index is 0.153. The fourth-order valence-corrected chi connectivity index (χ4v) is 2.03. The molecule has 2 aromatic rings. The van der Waals surface area contributed by atoms with Crippen molar-refractivity contribution in [2.45, 2.75) is 17.7 Å². The standard InChI is InChI=1S/C12H12N4OS/c1-9(17)14-11-4-5-12(16-15-11)18-8-10-3-2-6-13-7-10/h2-7H,8H2,1H3,(H,14,15,17). The average molecular weight is 260 g/mol. The molecule has 1 amide bonds. The van der Waals surface area contributed by atoms with Crippen LogP contribution in [0.4, 0.5) is 5.82 Å². The van der Waals surface area contributed by atoms with Crippen molar-refractivity contribution in [3.8, 4) is 0 Å². The summed E-state index contributed by atoms with van der Waals surface area (Å²) in [6, 6.07) is 7.49. The number of carbonyl (C=O) groups is 1. The molecular formula is C12H12N4OS. The van der Waals surface area contributed by atoms with Crippen molar-refractivity contribution in [3.63, 3.8) is 0 Å². The second kappa shape index (κ2) is 6.11. The molecule has 0 unspecified atom stereocenters. The van der Waals surface area contributed by atoms with Crippen LogP contribution in [-0.4, -0.2) is 21.1 Å². The Balaban J connectivity index is 1.92. The molecule has 2 rings (SSSR count). The molecule has 0 saturated carbocycles. The Labute approximate surface area is 109 Å². The van der Waals surface area contributed by atoms with E-state index in [2.05, 4.69) is 20.5 Å². The summed E-state index contributed by atoms with van der Waals surface area (Å²) in [4.78, 5) is 14.9. The molecule has 0 aliphatic heterocycles. The van der Waals surface area contributed by atoms with Crippen LogP contribution in [0.15, 0.2) is 41.7 Å². The van der Waals surface area contributed by atoms with E-state index in [4.69, 9.17) is 0 Å². The molecule has 0 aliphatic carbocycles. The summed E-state index contributed by atoms with van der Waals surface area (Å²) in [5.41, 5.74) is 1.13. The smallest absolute Gasteiger partial charge is 0.222 e. The van der Waals surface area contributed by atoms with Crippen molar-refractivity contribution in [1.29, 1.82) is 0 Å². The van der Waals surface area contributed by atoms with E-state index < -0.39 is 0 Å². The number of amides is 1. The zero-order valence-corrected chi connectivity index (χ0v) is 10.6. The highest BCUT2D eigenvalue weighted by Crippen LogP contribution is 2.20. The van der Waals surface area contributed by atoms with Crippen LogP contribution in [0.2, 0.25) is 0 Å². The largest absolute Gasteiger partial charge is 0.309 e. The molecule has 18 heavy (non-hydrogen) atoms. The third-order valence-corrected chi connectivity index (χ3v) is 3.04. The van der Waals surface area contributed by atoms with Gasteiger partial charge in [0.15, 0.2) is 5.82 Å². The predicted molar refractivity (Wildman–Crippen MR) is 70.1 cm³/mol. The van der Waals surface area contributed by atoms with Crippen molar-refractivity contribution in [2.24, 2.45) is 0 Å². The van der Waals surface area contributed by atoms with Crippen LogP contribution < -0.4 is 5.32 Å². The van der Waals surface area contributed by atoms with Crippen LogP contribution >= 0.6 is 11.8 Å². The Kier molecular flexibility index (Phi) is 4.25. The van der Waals surface area contributed by atoms with Gasteiger partial charge in [0.2, 0.25) is 5.91 Å². The molecule has 0 saturated heterocycles. The first-order valence-electron chi connectivity index (χ1n) is 5.37. The van der Waals surface area contributed by atoms with Gasteiger partial charge < -0.3 is 5.32 Å². The van der Waals surface area contributed by atoms with Gasteiger partial charge in [-0.25, -0.2) is 0 Å². The zero-order chi connectivity index (χ0) is 12.8. The summed E-state index contributed by atoms with van der Waals surface area (Å²) in [7, 11) is 0. The Morgan fingerprint density at radius 2 is 2.22 bits per heavy atom. The number of anilines is 1. The van der Waals surface area contributed by atoms with Gasteiger partial charge in [0.1, 0.15) is 5.03 Å². The number of hydrogen-bond donors (Lipinski definition) is 1. The first-order valence-corrected chi connectivity index (χ1v) is 6.35. The predicted octanol–water partition coefficient (Wildman–Crippen LogP) is 2.12. The van der Waals surface area contributed by atoms with E-state index in [0.29, 0.717) is 5.82 Å². The lowest BCUT2D eigenvalue weighted by atomic mass is 10.3. The van der Waals surface area contributed by atoms with Gasteiger partial charge in [-0.3, -0.25) is 9.78 Å². The van der Waals surface area contributed by atoms with Crippen LogP contribution in [-0.2, 0) is 10.5 Å². The number of aromatic nitrogens is 3. The molecule has 0 bridgehead atoms. The Morgan fingerprint density at radius 1 is 1.33 bits per heavy atom. The van der Waals surface area contributed by atoms with Crippen molar-refractivity contribution in [2.75, 3.05) is 5.32 Å². The summed E-state index contributed by atoms with van der Waals surface area (Å²) < 4.78 is 0. The summed E-state index contributed by atoms with van der Waals surface area (Å²) in [5.74, 6) is 1.11. The van der Waals surface area contributed by atoms with Gasteiger partial charge in [0.05, 0.1) is 0 Å². The minimum Gasteiger partial charge on any atom is -0.309 e. The van der Waals surface area contributed by atoms with Gasteiger partial charge in [-0.15, -0.1) is 10.2 Å². The van der Waals surface area contributed by atoms with Crippen LogP contribution in [0, 0.1) is 0 Å². The SMILES string of the molecule is CC(=O)Nc1ccc(SCc2cccnc2)nn1. The molecule has 0 aliphatic rings. The summed E-state index contributed by atoms with van der Waals surface area (Å²) in [5, 5.41) is 11.3. The molecule has 0 atom stereocenters. The first-order chi connectivity index (χ1) is 8.74. The summed E-state index contributed by atoms with van der Waals surface area (Å²) in [6.07, 6.45) is 3.57. The first kappa shape index (κ1) is 12.5. The van der Waals surface area contributed by atoms with Crippen molar-refractivity contribution < 1.29 is 4.79 Å². The Bertz CT molecular complexity index is 515. The van der Waals surface area contributed by atoms with E-state index in [0.717, 1.165) is 16.3 Å². The van der Waals surface area contributed by atoms with Gasteiger partial charge in [0.25, 0.3) is 0 Å². The Hall–Kier alpha value is -1.95. The number of nitrogens with zero attached hydrogens (tertiary/aromatic N) is 3. The topological polar surface area (TPSA) is 67.8 Å². The summed E-state index contributed by atoms with van der Waals surface area (Å²) in [6.45, 7) is 1.44. The van der Waals surface area contributed by atoms with Crippen molar-refractivity contribution in [1.82, 2.24) is 15.2 Å². The maximum absolute atomic E-state index is 10.8. The van der Waals surface area contributed by atoms with E-state index in [9.17, 15) is 4.79 Å². The van der Waals surface area contributed by atoms with E-state index in [-0.39, 0.29) is 5.91 Å². The number of rotatable bonds is 4. The molecule has 1 N–H and O–H groups in total. The normalized spacial score (nSPS) is 10.1. The van der Waals surface area contributed by atoms with Crippen molar-refractivity contribution in [3.05, 3.63) is 42.2 Å². The van der Waals surface area contributed by atoms with Crippen LogP contribution in [0.25, 0.3) is 0 Å². The van der Waals surface area contributed by atoms with Crippen molar-refractivity contribution >= 4 is 23.5 Å². The molecule has 5 nitrogen and oxygen atoms in total. The van der Waals surface area contributed by atoms with E-state index in [1.807, 2.05) is 24.4 Å². The molecule has 2 heterocycles. The van der Waals surface area contributed by atoms with Crippen LogP contribution in [0.5, 0.6) is 0 Å². The third-order valence-electron chi connectivity index (χ3n) is 2.05. The lowest BCUT2D eigenvalue weighted by Gasteiger charge is -2.02. The molecule has 0 radical (unpaired) electrons. The molecule has 2 aromatic heterocycles. The molecule has 6 heteroatoms. The monoisotopic (exact) mass is 260 g/mol. The second-order valence-corrected chi connectivity index (χ2v) is 4.58. The van der Waals surface area contributed by atoms with Gasteiger partial charge in [0, 0.05) is 25.1 Å². The number of carbonyl (C=O) groups excluding carboxylic acids is 1. The molecule has 0 spiro atoms. The molecule has 0 fully saturated rings. The number of nitrogens with one attached hydrogen (secondary N) is 1. The molecule has 0 aromatic carbocycles. The highest BCUT2D eigenvalue weighted by atomic mass is 32.2. The third kappa shape index (κ3) is 3.81. The fraction of sp³-hybridized carbons (Fsp3) is 0.167. The lowest BCUT2D eigenvalue weighted by molar-refractivity contribution is -0.114. The number of hydrogen-bond acceptors (Lipinski definition) is 5. The highest BCUT2D eigenvalue weighted by molar-refractivity contribution is 7.98.